The second-order valence-corrected chi connectivity index (χ2v) is 8.13. The molecule has 198 valence electrons. The zero-order valence-corrected chi connectivity index (χ0v) is 19.7. The Labute approximate surface area is 202 Å². The Bertz CT molecular complexity index is 823. The maximum Gasteiger partial charge on any atom is 0.335 e. The second kappa shape index (κ2) is 14.3. The molecular formula is C22H34N2O11. The number of aliphatic hydroxyl groups excluding tert-OH is 4. The van der Waals surface area contributed by atoms with Crippen molar-refractivity contribution in [3.05, 3.63) is 29.3 Å². The van der Waals surface area contributed by atoms with Crippen LogP contribution in [0.4, 0.5) is 0 Å². The van der Waals surface area contributed by atoms with Crippen LogP contribution in [0, 0.1) is 0 Å². The highest BCUT2D eigenvalue weighted by Crippen LogP contribution is 2.27. The van der Waals surface area contributed by atoms with Gasteiger partial charge in [-0.05, 0) is 31.8 Å². The molecular weight excluding hydrogens is 468 g/mol. The molecule has 0 aliphatic carbocycles. The van der Waals surface area contributed by atoms with Gasteiger partial charge < -0.3 is 54.7 Å². The van der Waals surface area contributed by atoms with E-state index in [4.69, 9.17) is 18.9 Å². The predicted molar refractivity (Wildman–Crippen MR) is 120 cm³/mol. The monoisotopic (exact) mass is 502 g/mol. The first-order chi connectivity index (χ1) is 16.6. The van der Waals surface area contributed by atoms with E-state index in [0.717, 1.165) is 6.54 Å². The van der Waals surface area contributed by atoms with Crippen LogP contribution < -0.4 is 10.1 Å². The molecule has 1 amide bonds. The molecule has 2 rings (SSSR count). The molecule has 1 heterocycles. The minimum atomic E-state index is -1.87. The SMILES string of the molecule is CN(C)CCOCCOCCNC(=O)c1cc(CO)ccc1O[C@@H]1O[C@H](C(=O)O)[C@@H](O)[C@H](O)[C@H]1O. The van der Waals surface area contributed by atoms with Gasteiger partial charge in [0.25, 0.3) is 5.91 Å². The van der Waals surface area contributed by atoms with Crippen LogP contribution in [-0.2, 0) is 25.6 Å². The Hall–Kier alpha value is -2.36. The van der Waals surface area contributed by atoms with Crippen molar-refractivity contribution in [1.29, 1.82) is 0 Å². The predicted octanol–water partition coefficient (Wildman–Crippen LogP) is -2.23. The van der Waals surface area contributed by atoms with Gasteiger partial charge in [-0.3, -0.25) is 4.79 Å². The van der Waals surface area contributed by atoms with Crippen LogP contribution in [0.1, 0.15) is 15.9 Å². The van der Waals surface area contributed by atoms with Crippen molar-refractivity contribution in [2.45, 2.75) is 37.3 Å². The fraction of sp³-hybridized carbons (Fsp3) is 0.636. The third-order valence-corrected chi connectivity index (χ3v) is 5.11. The maximum atomic E-state index is 12.7. The summed E-state index contributed by atoms with van der Waals surface area (Å²) < 4.78 is 21.4. The number of carboxylic acids is 1. The highest BCUT2D eigenvalue weighted by molar-refractivity contribution is 5.97. The van der Waals surface area contributed by atoms with E-state index in [0.29, 0.717) is 25.4 Å². The Morgan fingerprint density at radius 2 is 1.71 bits per heavy atom. The molecule has 35 heavy (non-hydrogen) atoms. The molecule has 1 aliphatic heterocycles. The summed E-state index contributed by atoms with van der Waals surface area (Å²) >= 11 is 0. The number of amides is 1. The van der Waals surface area contributed by atoms with E-state index in [2.05, 4.69) is 5.32 Å². The number of nitrogens with zero attached hydrogens (tertiary/aromatic N) is 1. The number of carboxylic acid groups (broad SMARTS) is 1. The summed E-state index contributed by atoms with van der Waals surface area (Å²) in [6, 6.07) is 4.16. The lowest BCUT2D eigenvalue weighted by molar-refractivity contribution is -0.271. The smallest absolute Gasteiger partial charge is 0.335 e. The number of hydrogen-bond acceptors (Lipinski definition) is 11. The fourth-order valence-corrected chi connectivity index (χ4v) is 3.13. The Kier molecular flexibility index (Phi) is 11.8. The Morgan fingerprint density at radius 1 is 1.03 bits per heavy atom. The third-order valence-electron chi connectivity index (χ3n) is 5.11. The molecule has 1 fully saturated rings. The molecule has 0 saturated carbocycles. The van der Waals surface area contributed by atoms with Crippen LogP contribution in [-0.4, -0.2) is 127 Å². The van der Waals surface area contributed by atoms with Crippen molar-refractivity contribution in [3.8, 4) is 5.75 Å². The number of aliphatic hydroxyl groups is 4. The van der Waals surface area contributed by atoms with Crippen LogP contribution in [0.15, 0.2) is 18.2 Å². The second-order valence-electron chi connectivity index (χ2n) is 8.13. The van der Waals surface area contributed by atoms with E-state index >= 15 is 0 Å². The first-order valence-corrected chi connectivity index (χ1v) is 11.1. The van der Waals surface area contributed by atoms with Gasteiger partial charge in [0.2, 0.25) is 6.29 Å². The van der Waals surface area contributed by atoms with E-state index in [1.165, 1.54) is 18.2 Å². The Morgan fingerprint density at radius 3 is 2.34 bits per heavy atom. The van der Waals surface area contributed by atoms with Gasteiger partial charge in [0.05, 0.1) is 38.6 Å². The van der Waals surface area contributed by atoms with E-state index in [1.54, 1.807) is 0 Å². The first kappa shape index (κ1) is 28.9. The van der Waals surface area contributed by atoms with Gasteiger partial charge in [0.1, 0.15) is 24.1 Å². The molecule has 1 saturated heterocycles. The molecule has 6 N–H and O–H groups in total. The summed E-state index contributed by atoms with van der Waals surface area (Å²) in [5.74, 6) is -2.23. The molecule has 1 aromatic rings. The lowest BCUT2D eigenvalue weighted by Gasteiger charge is -2.38. The number of likely N-dealkylation sites (N-methyl/N-ethyl adjacent to an activating group) is 1. The fourth-order valence-electron chi connectivity index (χ4n) is 3.13. The molecule has 0 unspecified atom stereocenters. The van der Waals surface area contributed by atoms with Crippen molar-refractivity contribution in [3.63, 3.8) is 0 Å². The molecule has 0 aromatic heterocycles. The van der Waals surface area contributed by atoms with Crippen molar-refractivity contribution in [2.75, 3.05) is 53.6 Å². The van der Waals surface area contributed by atoms with E-state index in [-0.39, 0.29) is 31.1 Å². The molecule has 13 heteroatoms. The maximum absolute atomic E-state index is 12.7. The van der Waals surface area contributed by atoms with Crippen molar-refractivity contribution < 1.29 is 54.1 Å². The van der Waals surface area contributed by atoms with Gasteiger partial charge >= 0.3 is 5.97 Å². The number of benzene rings is 1. The van der Waals surface area contributed by atoms with Gasteiger partial charge in [0.15, 0.2) is 6.10 Å². The summed E-state index contributed by atoms with van der Waals surface area (Å²) in [6.07, 6.45) is -9.05. The summed E-state index contributed by atoms with van der Waals surface area (Å²) in [6.45, 7) is 2.17. The van der Waals surface area contributed by atoms with Crippen LogP contribution in [0.3, 0.4) is 0 Å². The van der Waals surface area contributed by atoms with Crippen LogP contribution >= 0.6 is 0 Å². The Balaban J connectivity index is 1.95. The number of carbonyl (C=O) groups is 2. The quantitative estimate of drug-likeness (QED) is 0.151. The molecule has 1 aliphatic rings. The average molecular weight is 503 g/mol. The standard InChI is InChI=1S/C22H34N2O11/c1-24(2)6-8-33-10-9-32-7-5-23-20(29)14-11-13(12-25)3-4-15(14)34-22-18(28)16(26)17(27)19(35-22)21(30)31/h3-4,11,16-19,22,25-28H,5-10,12H2,1-2H3,(H,23,29)(H,30,31)/t16-,17-,18+,19-,22+/m0/s1. The summed E-state index contributed by atoms with van der Waals surface area (Å²) in [7, 11) is 3.89. The zero-order valence-electron chi connectivity index (χ0n) is 19.7. The number of carbonyl (C=O) groups excluding carboxylic acids is 1. The third kappa shape index (κ3) is 8.66. The molecule has 0 bridgehead atoms. The number of ether oxygens (including phenoxy) is 4. The molecule has 13 nitrogen and oxygen atoms in total. The number of rotatable bonds is 14. The number of aliphatic carboxylic acids is 1. The van der Waals surface area contributed by atoms with Crippen LogP contribution in [0.5, 0.6) is 5.75 Å². The lowest BCUT2D eigenvalue weighted by Crippen LogP contribution is -2.61. The number of nitrogens with one attached hydrogen (secondary N) is 1. The van der Waals surface area contributed by atoms with E-state index in [9.17, 15) is 35.1 Å². The molecule has 0 radical (unpaired) electrons. The van der Waals surface area contributed by atoms with Crippen molar-refractivity contribution >= 4 is 11.9 Å². The highest BCUT2D eigenvalue weighted by atomic mass is 16.7. The minimum Gasteiger partial charge on any atom is -0.479 e. The topological polar surface area (TPSA) is 187 Å². The number of hydrogen-bond donors (Lipinski definition) is 6. The summed E-state index contributed by atoms with van der Waals surface area (Å²) in [4.78, 5) is 26.0. The van der Waals surface area contributed by atoms with Gasteiger partial charge in [-0.2, -0.15) is 0 Å². The van der Waals surface area contributed by atoms with E-state index in [1.807, 2.05) is 19.0 Å². The minimum absolute atomic E-state index is 0.0214. The van der Waals surface area contributed by atoms with Crippen LogP contribution in [0.25, 0.3) is 0 Å². The van der Waals surface area contributed by atoms with Crippen molar-refractivity contribution in [2.24, 2.45) is 0 Å². The first-order valence-electron chi connectivity index (χ1n) is 11.1. The molecule has 0 spiro atoms. The van der Waals surface area contributed by atoms with E-state index < -0.39 is 42.6 Å². The van der Waals surface area contributed by atoms with Crippen molar-refractivity contribution in [1.82, 2.24) is 10.2 Å². The summed E-state index contributed by atoms with van der Waals surface area (Å²) in [5.41, 5.74) is 0.379. The average Bonchev–Trinajstić information content (AvgIpc) is 2.82. The largest absolute Gasteiger partial charge is 0.479 e. The van der Waals surface area contributed by atoms with Gasteiger partial charge in [-0.15, -0.1) is 0 Å². The molecule has 1 aromatic carbocycles. The highest BCUT2D eigenvalue weighted by Gasteiger charge is 2.48. The normalized spacial score (nSPS) is 24.4. The molecule has 5 atom stereocenters. The van der Waals surface area contributed by atoms with Gasteiger partial charge in [-0.25, -0.2) is 4.79 Å². The summed E-state index contributed by atoms with van der Waals surface area (Å²) in [5, 5.41) is 51.2. The van der Waals surface area contributed by atoms with Crippen LogP contribution in [0.2, 0.25) is 0 Å². The lowest BCUT2D eigenvalue weighted by atomic mass is 9.99. The zero-order chi connectivity index (χ0) is 26.0. The van der Waals surface area contributed by atoms with Gasteiger partial charge in [-0.1, -0.05) is 6.07 Å². The van der Waals surface area contributed by atoms with Gasteiger partial charge in [0, 0.05) is 13.1 Å².